The molecule has 0 bridgehead atoms. The fraction of sp³-hybridized carbons (Fsp3) is 0.100. The number of amides is 1. The number of carbonyl (C=O) groups excluding carboxylic acids is 1. The molecule has 0 saturated heterocycles. The first-order valence-corrected chi connectivity index (χ1v) is 6.80. The van der Waals surface area contributed by atoms with Crippen molar-refractivity contribution in [2.75, 3.05) is 6.54 Å². The first-order chi connectivity index (χ1) is 7.84. The molecule has 17 heavy (non-hydrogen) atoms. The van der Waals surface area contributed by atoms with Gasteiger partial charge in [0.25, 0.3) is 15.0 Å². The third kappa shape index (κ3) is 3.83. The number of halogens is 2. The number of rotatable bonds is 4. The van der Waals surface area contributed by atoms with E-state index >= 15 is 0 Å². The second-order valence-electron chi connectivity index (χ2n) is 3.11. The lowest BCUT2D eigenvalue weighted by molar-refractivity contribution is 0.0957. The average molecular weight is 278 g/mol. The molecule has 0 unspecified atom stereocenters. The van der Waals surface area contributed by atoms with Crippen molar-refractivity contribution in [1.82, 2.24) is 5.32 Å². The minimum Gasteiger partial charge on any atom is -0.349 e. The fourth-order valence-corrected chi connectivity index (χ4v) is 1.89. The molecule has 0 aliphatic carbocycles. The highest BCUT2D eigenvalue weighted by atomic mass is 35.7. The Morgan fingerprint density at radius 3 is 2.65 bits per heavy atom. The summed E-state index contributed by atoms with van der Waals surface area (Å²) >= 11 is 0. The van der Waals surface area contributed by atoms with Crippen LogP contribution in [0.25, 0.3) is 0 Å². The monoisotopic (exact) mass is 277 g/mol. The van der Waals surface area contributed by atoms with Gasteiger partial charge in [0.05, 0.1) is 4.90 Å². The van der Waals surface area contributed by atoms with E-state index < -0.39 is 25.7 Å². The van der Waals surface area contributed by atoms with Gasteiger partial charge in [0.1, 0.15) is 5.82 Å². The van der Waals surface area contributed by atoms with Gasteiger partial charge in [-0.25, -0.2) is 12.8 Å². The smallest absolute Gasteiger partial charge is 0.261 e. The van der Waals surface area contributed by atoms with Crippen LogP contribution in [0.1, 0.15) is 10.4 Å². The highest BCUT2D eigenvalue weighted by molar-refractivity contribution is 8.13. The van der Waals surface area contributed by atoms with Gasteiger partial charge >= 0.3 is 0 Å². The molecular formula is C10H9ClFNO3S. The zero-order valence-electron chi connectivity index (χ0n) is 8.61. The number of hydrogen-bond donors (Lipinski definition) is 1. The molecule has 0 aliphatic rings. The highest BCUT2D eigenvalue weighted by Crippen LogP contribution is 2.18. The van der Waals surface area contributed by atoms with Crippen LogP contribution in [-0.4, -0.2) is 20.9 Å². The predicted octanol–water partition coefficient (Wildman–Crippen LogP) is 1.67. The largest absolute Gasteiger partial charge is 0.349 e. The lowest BCUT2D eigenvalue weighted by Crippen LogP contribution is -2.23. The molecule has 1 rings (SSSR count). The fourth-order valence-electron chi connectivity index (χ4n) is 1.10. The number of benzene rings is 1. The van der Waals surface area contributed by atoms with Crippen LogP contribution in [-0.2, 0) is 9.05 Å². The summed E-state index contributed by atoms with van der Waals surface area (Å²) in [6.45, 7) is 3.59. The molecule has 0 aliphatic heterocycles. The Labute approximate surface area is 103 Å². The summed E-state index contributed by atoms with van der Waals surface area (Å²) in [5, 5.41) is 2.39. The standard InChI is InChI=1S/C10H9ClFNO3S/c1-2-3-13-10(14)7-4-8(12)6-9(5-7)17(11,15)16/h2,4-6H,1,3H2,(H,13,14). The summed E-state index contributed by atoms with van der Waals surface area (Å²) in [5.41, 5.74) is -0.119. The van der Waals surface area contributed by atoms with Crippen molar-refractivity contribution in [3.8, 4) is 0 Å². The second kappa shape index (κ2) is 5.29. The van der Waals surface area contributed by atoms with E-state index in [1.807, 2.05) is 0 Å². The van der Waals surface area contributed by atoms with Crippen LogP contribution in [0.15, 0.2) is 35.7 Å². The number of nitrogens with one attached hydrogen (secondary N) is 1. The van der Waals surface area contributed by atoms with Crippen LogP contribution in [0.4, 0.5) is 4.39 Å². The number of carbonyl (C=O) groups is 1. The van der Waals surface area contributed by atoms with Crippen LogP contribution in [0.2, 0.25) is 0 Å². The third-order valence-electron chi connectivity index (χ3n) is 1.82. The maximum atomic E-state index is 13.1. The van der Waals surface area contributed by atoms with Crippen molar-refractivity contribution in [2.24, 2.45) is 0 Å². The van der Waals surface area contributed by atoms with Gasteiger partial charge in [-0.1, -0.05) is 6.08 Å². The highest BCUT2D eigenvalue weighted by Gasteiger charge is 2.15. The second-order valence-corrected chi connectivity index (χ2v) is 5.68. The maximum absolute atomic E-state index is 13.1. The van der Waals surface area contributed by atoms with E-state index in [4.69, 9.17) is 10.7 Å². The Kier molecular flexibility index (Phi) is 4.25. The Hall–Kier alpha value is -1.40. The first kappa shape index (κ1) is 13.7. The van der Waals surface area contributed by atoms with E-state index in [-0.39, 0.29) is 12.1 Å². The summed E-state index contributed by atoms with van der Waals surface area (Å²) in [6, 6.07) is 2.67. The summed E-state index contributed by atoms with van der Waals surface area (Å²) in [4.78, 5) is 11.0. The molecule has 1 aromatic carbocycles. The normalized spacial score (nSPS) is 10.9. The molecule has 0 spiro atoms. The van der Waals surface area contributed by atoms with Gasteiger partial charge in [-0.05, 0) is 18.2 Å². The molecule has 0 radical (unpaired) electrons. The zero-order chi connectivity index (χ0) is 13.1. The van der Waals surface area contributed by atoms with Crippen LogP contribution in [0.5, 0.6) is 0 Å². The molecule has 1 N–H and O–H groups in total. The molecular weight excluding hydrogens is 269 g/mol. The first-order valence-electron chi connectivity index (χ1n) is 4.49. The topological polar surface area (TPSA) is 63.2 Å². The van der Waals surface area contributed by atoms with Crippen LogP contribution >= 0.6 is 10.7 Å². The van der Waals surface area contributed by atoms with Crippen LogP contribution in [0.3, 0.4) is 0 Å². The predicted molar refractivity (Wildman–Crippen MR) is 62.0 cm³/mol. The number of hydrogen-bond acceptors (Lipinski definition) is 3. The van der Waals surface area contributed by atoms with Gasteiger partial charge in [-0.2, -0.15) is 0 Å². The van der Waals surface area contributed by atoms with E-state index in [2.05, 4.69) is 11.9 Å². The minimum absolute atomic E-state index is 0.119. The SMILES string of the molecule is C=CCNC(=O)c1cc(F)cc(S(=O)(=O)Cl)c1. The maximum Gasteiger partial charge on any atom is 0.261 e. The van der Waals surface area contributed by atoms with E-state index in [1.54, 1.807) is 0 Å². The van der Waals surface area contributed by atoms with E-state index in [9.17, 15) is 17.6 Å². The molecule has 0 fully saturated rings. The van der Waals surface area contributed by atoms with E-state index in [0.717, 1.165) is 18.2 Å². The molecule has 0 atom stereocenters. The van der Waals surface area contributed by atoms with Crippen LogP contribution in [0, 0.1) is 5.82 Å². The summed E-state index contributed by atoms with van der Waals surface area (Å²) in [7, 11) is 0.999. The molecule has 0 aromatic heterocycles. The van der Waals surface area contributed by atoms with Gasteiger partial charge in [0.2, 0.25) is 0 Å². The van der Waals surface area contributed by atoms with Crippen LogP contribution < -0.4 is 5.32 Å². The molecule has 0 heterocycles. The Morgan fingerprint density at radius 2 is 2.12 bits per heavy atom. The van der Waals surface area contributed by atoms with Crippen molar-refractivity contribution < 1.29 is 17.6 Å². The Balaban J connectivity index is 3.14. The van der Waals surface area contributed by atoms with Gasteiger partial charge in [0, 0.05) is 22.8 Å². The molecule has 4 nitrogen and oxygen atoms in total. The Morgan fingerprint density at radius 1 is 1.47 bits per heavy atom. The van der Waals surface area contributed by atoms with Gasteiger partial charge in [0.15, 0.2) is 0 Å². The molecule has 1 amide bonds. The minimum atomic E-state index is -4.07. The van der Waals surface area contributed by atoms with E-state index in [0.29, 0.717) is 0 Å². The average Bonchev–Trinajstić information content (AvgIpc) is 2.23. The van der Waals surface area contributed by atoms with Crippen molar-refractivity contribution in [2.45, 2.75) is 4.90 Å². The van der Waals surface area contributed by atoms with Crippen molar-refractivity contribution in [3.05, 3.63) is 42.2 Å². The summed E-state index contributed by atoms with van der Waals surface area (Å²) in [6.07, 6.45) is 1.44. The van der Waals surface area contributed by atoms with E-state index in [1.165, 1.54) is 6.08 Å². The Bertz CT molecular complexity index is 557. The van der Waals surface area contributed by atoms with Crippen molar-refractivity contribution >= 4 is 25.6 Å². The lowest BCUT2D eigenvalue weighted by atomic mass is 10.2. The van der Waals surface area contributed by atoms with Gasteiger partial charge in [-0.15, -0.1) is 6.58 Å². The molecule has 92 valence electrons. The quantitative estimate of drug-likeness (QED) is 0.673. The molecule has 7 heteroatoms. The van der Waals surface area contributed by atoms with Gasteiger partial charge in [-0.3, -0.25) is 4.79 Å². The van der Waals surface area contributed by atoms with Crippen molar-refractivity contribution in [3.63, 3.8) is 0 Å². The summed E-state index contributed by atoms with van der Waals surface area (Å²) < 4.78 is 35.2. The molecule has 0 saturated carbocycles. The van der Waals surface area contributed by atoms with Gasteiger partial charge < -0.3 is 5.32 Å². The van der Waals surface area contributed by atoms with Crippen molar-refractivity contribution in [1.29, 1.82) is 0 Å². The zero-order valence-corrected chi connectivity index (χ0v) is 10.2. The molecule has 1 aromatic rings. The third-order valence-corrected chi connectivity index (χ3v) is 3.16. The lowest BCUT2D eigenvalue weighted by Gasteiger charge is -2.04. The summed E-state index contributed by atoms with van der Waals surface area (Å²) in [5.74, 6) is -1.46.